The average molecular weight is 1000 g/mol. The molecule has 2 fully saturated rings. The van der Waals surface area contributed by atoms with Crippen LogP contribution in [0.25, 0.3) is 0 Å². The molecule has 0 bridgehead atoms. The van der Waals surface area contributed by atoms with Gasteiger partial charge in [0.05, 0.1) is 32.0 Å². The highest BCUT2D eigenvalue weighted by Crippen LogP contribution is 2.27. The first-order valence-corrected chi connectivity index (χ1v) is 28.9. The molecular formula is C56H107NO13. The van der Waals surface area contributed by atoms with Gasteiger partial charge in [0, 0.05) is 6.42 Å². The Morgan fingerprint density at radius 2 is 0.843 bits per heavy atom. The highest BCUT2D eigenvalue weighted by molar-refractivity contribution is 5.76. The van der Waals surface area contributed by atoms with Crippen molar-refractivity contribution in [3.05, 3.63) is 12.2 Å². The molecule has 0 aromatic rings. The molecular weight excluding hydrogens is 895 g/mol. The third kappa shape index (κ3) is 29.6. The first-order valence-electron chi connectivity index (χ1n) is 28.9. The van der Waals surface area contributed by atoms with Crippen LogP contribution in [0.2, 0.25) is 0 Å². The number of carbonyl (C=O) groups is 1. The molecule has 1 amide bonds. The minimum atomic E-state index is -1.73. The first-order chi connectivity index (χ1) is 34.0. The molecule has 0 aliphatic carbocycles. The summed E-state index contributed by atoms with van der Waals surface area (Å²) in [5, 5.41) is 86.5. The van der Waals surface area contributed by atoms with Crippen molar-refractivity contribution in [2.45, 2.75) is 319 Å². The maximum Gasteiger partial charge on any atom is 0.220 e. The largest absolute Gasteiger partial charge is 0.394 e. The van der Waals surface area contributed by atoms with Gasteiger partial charge in [0.1, 0.15) is 48.8 Å². The van der Waals surface area contributed by atoms with Crippen molar-refractivity contribution in [2.75, 3.05) is 19.8 Å². The van der Waals surface area contributed by atoms with Crippen molar-refractivity contribution in [2.24, 2.45) is 0 Å². The van der Waals surface area contributed by atoms with E-state index in [1.54, 1.807) is 6.08 Å². The maximum atomic E-state index is 13.2. The Labute approximate surface area is 425 Å². The van der Waals surface area contributed by atoms with Crippen molar-refractivity contribution in [1.29, 1.82) is 0 Å². The summed E-state index contributed by atoms with van der Waals surface area (Å²) in [5.41, 5.74) is 0. The van der Waals surface area contributed by atoms with Gasteiger partial charge in [0.15, 0.2) is 12.6 Å². The second kappa shape index (κ2) is 43.0. The van der Waals surface area contributed by atoms with Crippen LogP contribution in [0.15, 0.2) is 12.2 Å². The summed E-state index contributed by atoms with van der Waals surface area (Å²) in [6.45, 7) is 3.06. The third-order valence-corrected chi connectivity index (χ3v) is 14.5. The van der Waals surface area contributed by atoms with E-state index in [0.717, 1.165) is 38.5 Å². The van der Waals surface area contributed by atoms with Crippen LogP contribution >= 0.6 is 0 Å². The quantitative estimate of drug-likeness (QED) is 0.0205. The number of hydrogen-bond donors (Lipinski definition) is 9. The van der Waals surface area contributed by atoms with Crippen LogP contribution in [0.1, 0.15) is 245 Å². The van der Waals surface area contributed by atoms with Crippen LogP contribution in [0, 0.1) is 0 Å². The third-order valence-electron chi connectivity index (χ3n) is 14.5. The topological polar surface area (TPSA) is 228 Å². The zero-order chi connectivity index (χ0) is 51.0. The second-order valence-electron chi connectivity index (χ2n) is 20.8. The van der Waals surface area contributed by atoms with Crippen LogP contribution in [-0.2, 0) is 23.7 Å². The molecule has 2 aliphatic heterocycles. The molecule has 14 nitrogen and oxygen atoms in total. The molecule has 0 aromatic carbocycles. The summed E-state index contributed by atoms with van der Waals surface area (Å²) in [6, 6.07) is -0.908. The van der Waals surface area contributed by atoms with Crippen LogP contribution < -0.4 is 5.32 Å². The number of hydrogen-bond acceptors (Lipinski definition) is 13. The summed E-state index contributed by atoms with van der Waals surface area (Å²) < 4.78 is 22.6. The zero-order valence-corrected chi connectivity index (χ0v) is 44.3. The van der Waals surface area contributed by atoms with Gasteiger partial charge in [0.25, 0.3) is 0 Å². The molecule has 2 aliphatic rings. The minimum Gasteiger partial charge on any atom is -0.394 e. The van der Waals surface area contributed by atoms with E-state index in [1.807, 2.05) is 6.08 Å². The Balaban J connectivity index is 1.73. The standard InChI is InChI=1S/C56H107NO13/c1-3-5-7-9-11-13-15-17-18-19-20-21-22-23-24-25-26-28-30-32-34-36-38-40-48(60)57-44(45(59)39-37-35-33-31-29-27-16-14-12-10-8-6-4-2)42-67-55-54(66)52(64)50(62)47(70-55)43-68-56-53(65)51(63)49(61)46(41-58)69-56/h37,39,44-47,49-56,58-59,61-66H,3-36,38,40-43H2,1-2H3,(H,57,60)/b39-37+/t44?,45?,46-,47-,49+,50+,51+,52+,53-,54-,55+,56+/m1/s1. The van der Waals surface area contributed by atoms with Crippen molar-refractivity contribution in [3.63, 3.8) is 0 Å². The summed E-state index contributed by atoms with van der Waals surface area (Å²) >= 11 is 0. The van der Waals surface area contributed by atoms with Gasteiger partial charge in [-0.1, -0.05) is 231 Å². The maximum absolute atomic E-state index is 13.2. The van der Waals surface area contributed by atoms with Gasteiger partial charge < -0.3 is 65.1 Å². The molecule has 0 aromatic heterocycles. The number of aliphatic hydroxyl groups is 8. The van der Waals surface area contributed by atoms with Gasteiger partial charge in [-0.3, -0.25) is 4.79 Å². The van der Waals surface area contributed by atoms with Gasteiger partial charge in [-0.25, -0.2) is 0 Å². The molecule has 2 saturated heterocycles. The second-order valence-corrected chi connectivity index (χ2v) is 20.8. The average Bonchev–Trinajstić information content (AvgIpc) is 3.36. The SMILES string of the molecule is CCCCCCCCCCCCC/C=C/C(O)C(CO[C@H]1O[C@H](CO[C@H]2O[C@H](CO)[C@H](O)[C@H](O)[C@H]2O)[C@H](O)[C@H](O)[C@H]1O)NC(=O)CCCCCCCCCCCCCCCCCCCCCCCCC. The molecule has 0 spiro atoms. The lowest BCUT2D eigenvalue weighted by Crippen LogP contribution is -2.62. The number of amides is 1. The molecule has 70 heavy (non-hydrogen) atoms. The van der Waals surface area contributed by atoms with Crippen molar-refractivity contribution < 1.29 is 64.6 Å². The number of aliphatic hydroxyl groups excluding tert-OH is 8. The molecule has 0 saturated carbocycles. The normalized spacial score (nSPS) is 26.0. The van der Waals surface area contributed by atoms with Crippen LogP contribution in [0.3, 0.4) is 0 Å². The summed E-state index contributed by atoms with van der Waals surface area (Å²) in [5.74, 6) is -0.235. The predicted molar refractivity (Wildman–Crippen MR) is 277 cm³/mol. The molecule has 414 valence electrons. The first kappa shape index (κ1) is 64.8. The van der Waals surface area contributed by atoms with Gasteiger partial charge in [-0.2, -0.15) is 0 Å². The predicted octanol–water partition coefficient (Wildman–Crippen LogP) is 9.11. The summed E-state index contributed by atoms with van der Waals surface area (Å²) in [4.78, 5) is 13.2. The van der Waals surface area contributed by atoms with Crippen molar-refractivity contribution >= 4 is 5.91 Å². The van der Waals surface area contributed by atoms with E-state index < -0.39 is 86.8 Å². The van der Waals surface area contributed by atoms with Gasteiger partial charge in [-0.15, -0.1) is 0 Å². The fourth-order valence-corrected chi connectivity index (χ4v) is 9.66. The smallest absolute Gasteiger partial charge is 0.220 e. The fraction of sp³-hybridized carbons (Fsp3) is 0.946. The van der Waals surface area contributed by atoms with Gasteiger partial charge in [0.2, 0.25) is 5.91 Å². The lowest BCUT2D eigenvalue weighted by atomic mass is 9.98. The summed E-state index contributed by atoms with van der Waals surface area (Å²) in [6.07, 6.45) is 31.4. The van der Waals surface area contributed by atoms with Crippen LogP contribution in [-0.4, -0.2) is 140 Å². The fourth-order valence-electron chi connectivity index (χ4n) is 9.66. The number of allylic oxidation sites excluding steroid dienone is 1. The number of carbonyl (C=O) groups excluding carboxylic acids is 1. The Morgan fingerprint density at radius 1 is 0.486 bits per heavy atom. The van der Waals surface area contributed by atoms with Crippen LogP contribution in [0.5, 0.6) is 0 Å². The number of ether oxygens (including phenoxy) is 4. The number of nitrogens with one attached hydrogen (secondary N) is 1. The lowest BCUT2D eigenvalue weighted by Gasteiger charge is -2.43. The van der Waals surface area contributed by atoms with Crippen LogP contribution in [0.4, 0.5) is 0 Å². The minimum absolute atomic E-state index is 0.235. The zero-order valence-electron chi connectivity index (χ0n) is 44.3. The van der Waals surface area contributed by atoms with Crippen molar-refractivity contribution in [1.82, 2.24) is 5.32 Å². The van der Waals surface area contributed by atoms with Gasteiger partial charge >= 0.3 is 0 Å². The number of rotatable bonds is 46. The molecule has 2 heterocycles. The molecule has 12 atom stereocenters. The van der Waals surface area contributed by atoms with E-state index in [-0.39, 0.29) is 18.9 Å². The lowest BCUT2D eigenvalue weighted by molar-refractivity contribution is -0.331. The van der Waals surface area contributed by atoms with Gasteiger partial charge in [-0.05, 0) is 19.3 Å². The molecule has 2 unspecified atom stereocenters. The van der Waals surface area contributed by atoms with E-state index in [2.05, 4.69) is 19.2 Å². The molecule has 2 rings (SSSR count). The van der Waals surface area contributed by atoms with E-state index in [4.69, 9.17) is 18.9 Å². The molecule has 14 heteroatoms. The molecule has 9 N–H and O–H groups in total. The summed E-state index contributed by atoms with van der Waals surface area (Å²) in [7, 11) is 0. The molecule has 0 radical (unpaired) electrons. The van der Waals surface area contributed by atoms with E-state index in [9.17, 15) is 45.6 Å². The Bertz CT molecular complexity index is 1230. The van der Waals surface area contributed by atoms with Crippen molar-refractivity contribution in [3.8, 4) is 0 Å². The highest BCUT2D eigenvalue weighted by atomic mass is 16.7. The number of unbranched alkanes of at least 4 members (excludes halogenated alkanes) is 33. The highest BCUT2D eigenvalue weighted by Gasteiger charge is 2.47. The van der Waals surface area contributed by atoms with E-state index >= 15 is 0 Å². The van der Waals surface area contributed by atoms with E-state index in [1.165, 1.54) is 180 Å². The Hall–Kier alpha value is -1.27. The Kier molecular flexibility index (Phi) is 39.9. The monoisotopic (exact) mass is 1000 g/mol. The Morgan fingerprint density at radius 3 is 1.26 bits per heavy atom. The van der Waals surface area contributed by atoms with E-state index in [0.29, 0.717) is 6.42 Å².